The third-order valence-electron chi connectivity index (χ3n) is 15.5. The van der Waals surface area contributed by atoms with Crippen molar-refractivity contribution in [2.24, 2.45) is 45.5 Å². The number of nitrogens with two attached hydrogens (primary N) is 5. The smallest absolute Gasteiger partial charge is 0.326 e. The van der Waals surface area contributed by atoms with E-state index in [9.17, 15) is 87.2 Å². The molecule has 3 heterocycles. The zero-order valence-electron chi connectivity index (χ0n) is 52.7. The van der Waals surface area contributed by atoms with Crippen LogP contribution in [0.1, 0.15) is 143 Å². The number of carbonyl (C=O) groups excluding carboxylic acids is 12. The van der Waals surface area contributed by atoms with Crippen molar-refractivity contribution in [1.29, 1.82) is 0 Å². The van der Waals surface area contributed by atoms with Crippen LogP contribution in [0.2, 0.25) is 0 Å². The second-order valence-electron chi connectivity index (χ2n) is 24.0. The van der Waals surface area contributed by atoms with Crippen molar-refractivity contribution in [3.8, 4) is 0 Å². The Morgan fingerprint density at radius 3 is 1.40 bits per heavy atom. The van der Waals surface area contributed by atoms with Crippen LogP contribution in [-0.4, -0.2) is 231 Å². The molecule has 35 nitrogen and oxygen atoms in total. The Labute approximate surface area is 532 Å². The van der Waals surface area contributed by atoms with Crippen LogP contribution in [0, 0.1) is 11.8 Å². The number of aliphatic imine (C=N–C) groups is 1. The summed E-state index contributed by atoms with van der Waals surface area (Å²) in [5.74, 6) is -14.7. The van der Waals surface area contributed by atoms with E-state index in [1.165, 1.54) is 4.90 Å². The van der Waals surface area contributed by atoms with Crippen LogP contribution in [0.4, 0.5) is 0 Å². The summed E-state index contributed by atoms with van der Waals surface area (Å²) in [6.45, 7) is 6.27. The maximum atomic E-state index is 14.2. The van der Waals surface area contributed by atoms with Crippen LogP contribution in [0.5, 0.6) is 0 Å². The van der Waals surface area contributed by atoms with Crippen LogP contribution in [0.15, 0.2) is 4.99 Å². The van der Waals surface area contributed by atoms with Gasteiger partial charge in [0.05, 0.1) is 25.6 Å². The molecule has 3 aliphatic heterocycles. The van der Waals surface area contributed by atoms with E-state index < -0.39 is 182 Å². The molecule has 3 fully saturated rings. The van der Waals surface area contributed by atoms with Crippen LogP contribution in [0.25, 0.3) is 0 Å². The zero-order valence-corrected chi connectivity index (χ0v) is 52.7. The Morgan fingerprint density at radius 1 is 0.489 bits per heavy atom. The first-order valence-electron chi connectivity index (χ1n) is 31.1. The van der Waals surface area contributed by atoms with Crippen molar-refractivity contribution >= 4 is 94.8 Å². The van der Waals surface area contributed by atoms with Gasteiger partial charge in [-0.2, -0.15) is 0 Å². The first kappa shape index (κ1) is 77.5. The molecule has 3 saturated heterocycles. The quantitative estimate of drug-likeness (QED) is 0.0154. The Bertz CT molecular complexity index is 2670. The van der Waals surface area contributed by atoms with E-state index in [4.69, 9.17) is 28.7 Å². The average Bonchev–Trinajstić information content (AvgIpc) is 1.62. The highest BCUT2D eigenvalue weighted by Crippen LogP contribution is 2.23. The fourth-order valence-electron chi connectivity index (χ4n) is 10.9. The summed E-state index contributed by atoms with van der Waals surface area (Å²) in [5, 5.41) is 49.1. The first-order valence-corrected chi connectivity index (χ1v) is 31.1. The minimum atomic E-state index is -1.77. The molecule has 0 bridgehead atoms. The molecular weight excluding hydrogens is 1210 g/mol. The lowest BCUT2D eigenvalue weighted by molar-refractivity contribution is -0.147. The number of amides is 12. The molecule has 10 atom stereocenters. The highest BCUT2D eigenvalue weighted by Gasteiger charge is 2.43. The number of hydrogen-bond donors (Lipinski definition) is 16. The van der Waals surface area contributed by atoms with Gasteiger partial charge >= 0.3 is 17.9 Å². The molecular formula is C57H95N17O18. The predicted octanol–water partition coefficient (Wildman–Crippen LogP) is -5.61. The highest BCUT2D eigenvalue weighted by molar-refractivity contribution is 6.00. The van der Waals surface area contributed by atoms with Gasteiger partial charge in [0.15, 0.2) is 5.96 Å². The number of rotatable bonds is 40. The molecule has 0 radical (unpaired) electrons. The van der Waals surface area contributed by atoms with Gasteiger partial charge in [-0.1, -0.05) is 27.7 Å². The lowest BCUT2D eigenvalue weighted by atomic mass is 10.0. The van der Waals surface area contributed by atoms with Crippen LogP contribution >= 0.6 is 0 Å². The number of primary amides is 1. The molecule has 0 aliphatic carbocycles. The van der Waals surface area contributed by atoms with Crippen molar-refractivity contribution in [3.63, 3.8) is 0 Å². The van der Waals surface area contributed by atoms with Gasteiger partial charge in [0.25, 0.3) is 0 Å². The van der Waals surface area contributed by atoms with Crippen LogP contribution in [-0.2, 0) is 71.9 Å². The topological polar surface area (TPSA) is 565 Å². The molecule has 516 valence electrons. The van der Waals surface area contributed by atoms with Crippen molar-refractivity contribution in [2.75, 3.05) is 45.8 Å². The minimum Gasteiger partial charge on any atom is -0.481 e. The lowest BCUT2D eigenvalue weighted by Gasteiger charge is -2.31. The van der Waals surface area contributed by atoms with E-state index in [0.29, 0.717) is 19.3 Å². The summed E-state index contributed by atoms with van der Waals surface area (Å²) in [7, 11) is 0. The Hall–Kier alpha value is -8.76. The van der Waals surface area contributed by atoms with Gasteiger partial charge in [-0.3, -0.25) is 72.1 Å². The molecule has 0 aromatic carbocycles. The molecule has 3 rings (SSSR count). The average molecular weight is 1310 g/mol. The fraction of sp³-hybridized carbons (Fsp3) is 0.719. The lowest BCUT2D eigenvalue weighted by Crippen LogP contribution is -2.59. The molecule has 0 spiro atoms. The molecule has 0 aromatic heterocycles. The minimum absolute atomic E-state index is 0.000175. The first-order chi connectivity index (χ1) is 43.3. The van der Waals surface area contributed by atoms with Crippen LogP contribution < -0.4 is 71.2 Å². The summed E-state index contributed by atoms with van der Waals surface area (Å²) in [4.78, 5) is 206. The maximum absolute atomic E-state index is 14.2. The number of likely N-dealkylation sites (tertiary alicyclic amines) is 3. The number of aliphatic carboxylic acids is 3. The number of hydrogen-bond acceptors (Lipinski definition) is 18. The number of guanidine groups is 1. The molecule has 35 heteroatoms. The van der Waals surface area contributed by atoms with Gasteiger partial charge in [0.2, 0.25) is 70.9 Å². The molecule has 0 unspecified atom stereocenters. The van der Waals surface area contributed by atoms with Crippen molar-refractivity contribution in [1.82, 2.24) is 57.2 Å². The number of nitrogens with one attached hydrogen (secondary N) is 8. The van der Waals surface area contributed by atoms with E-state index >= 15 is 0 Å². The number of carboxylic acids is 3. The molecule has 92 heavy (non-hydrogen) atoms. The second kappa shape index (κ2) is 38.8. The summed E-state index contributed by atoms with van der Waals surface area (Å²) >= 11 is 0. The number of nitrogens with zero attached hydrogens (tertiary/aromatic N) is 4. The molecule has 12 amide bonds. The van der Waals surface area contributed by atoms with E-state index in [-0.39, 0.29) is 128 Å². The van der Waals surface area contributed by atoms with Gasteiger partial charge in [-0.05, 0) is 115 Å². The van der Waals surface area contributed by atoms with Gasteiger partial charge in [0, 0.05) is 39.0 Å². The number of unbranched alkanes of at least 4 members (excludes halogenated alkanes) is 1. The van der Waals surface area contributed by atoms with E-state index in [0.717, 1.165) is 9.80 Å². The van der Waals surface area contributed by atoms with Crippen molar-refractivity contribution in [3.05, 3.63) is 0 Å². The summed E-state index contributed by atoms with van der Waals surface area (Å²) < 4.78 is 0. The van der Waals surface area contributed by atoms with Crippen molar-refractivity contribution < 1.29 is 87.2 Å². The number of carboxylic acid groups (broad SMARTS) is 3. The van der Waals surface area contributed by atoms with Gasteiger partial charge in [0.1, 0.15) is 54.4 Å². The highest BCUT2D eigenvalue weighted by atomic mass is 16.4. The summed E-state index contributed by atoms with van der Waals surface area (Å²) in [6.07, 6.45) is -0.723. The summed E-state index contributed by atoms with van der Waals surface area (Å²) in [5.41, 5.74) is 27.8. The van der Waals surface area contributed by atoms with Crippen LogP contribution in [0.3, 0.4) is 0 Å². The molecule has 0 saturated carbocycles. The molecule has 3 aliphatic rings. The molecule has 0 aromatic rings. The second-order valence-corrected chi connectivity index (χ2v) is 24.0. The fourth-order valence-corrected chi connectivity index (χ4v) is 10.9. The van der Waals surface area contributed by atoms with Gasteiger partial charge < -0.3 is 101 Å². The Balaban J connectivity index is 1.77. The zero-order chi connectivity index (χ0) is 68.9. The predicted molar refractivity (Wildman–Crippen MR) is 327 cm³/mol. The Kier molecular flexibility index (Phi) is 32.7. The van der Waals surface area contributed by atoms with E-state index in [1.807, 2.05) is 13.8 Å². The maximum Gasteiger partial charge on any atom is 0.326 e. The molecule has 21 N–H and O–H groups in total. The van der Waals surface area contributed by atoms with E-state index in [2.05, 4.69) is 47.5 Å². The van der Waals surface area contributed by atoms with E-state index in [1.54, 1.807) is 13.8 Å². The third-order valence-corrected chi connectivity index (χ3v) is 15.5. The number of carbonyl (C=O) groups is 15. The van der Waals surface area contributed by atoms with Gasteiger partial charge in [-0.15, -0.1) is 0 Å². The SMILES string of the molecule is CC(C)C[C@H](NC(=O)[C@@H]1CCCN1C(=O)[C@H](CC(=O)O)NC(=O)[C@@H]1CCCN1C(=O)CNC(=O)[C@H](CCCCN)NC(=O)[C@H](CCC(=O)O)NC(=O)[C@H](CCCN=C(N)N)NC(=O)[C@@H]1CCCN1C(=O)CNC(=O)[C@@H](N)CC(C)C)C(=O)N[C@@H](CCC(N)=O)C(=O)O. The van der Waals surface area contributed by atoms with Gasteiger partial charge in [-0.25, -0.2) is 4.79 Å². The standard InChI is InChI=1S/C57H95N17O18/c1-30(2)25-32(59)47(82)64-28-43(76)72-22-8-13-39(72)52(87)68-34(12-7-21-63-57(61)62)49(84)67-35(17-19-45(78)79)50(85)66-33(11-5-6-20-58)48(83)65-29-44(77)73-23-9-14-40(73)53(88)71-38(27-46(80)81)55(90)74-24-10-15-41(74)54(89)70-37(26-31(3)4)51(86)69-36(56(91)92)16-18-42(60)75/h30-41H,5-29,58-59H2,1-4H3,(H2,60,75)(H,64,82)(H,65,83)(H,66,85)(H,67,84)(H,68,87)(H,69,86)(H,70,89)(H,71,88)(H,78,79)(H,80,81)(H,91,92)(H4,61,62,63)/t32-,33-,34-,35-,36-,37-,38-,39-,40-,41-/m0/s1. The third kappa shape index (κ3) is 26.2. The summed E-state index contributed by atoms with van der Waals surface area (Å²) in [6, 6.07) is -13.6. The monoisotopic (exact) mass is 1310 g/mol. The Morgan fingerprint density at radius 2 is 0.924 bits per heavy atom. The van der Waals surface area contributed by atoms with Crippen molar-refractivity contribution in [2.45, 2.75) is 204 Å². The normalized spacial score (nSPS) is 18.4. The largest absolute Gasteiger partial charge is 0.481 e.